The molecule has 2 heterocycles. The standard InChI is InChI=1S/C13H21ClN4/c1-3-18-8-4-5-12(18)10-17(2)9-11-6-7-13(14)16-15-11/h6-7,12H,3-5,8-10H2,1-2H3. The van der Waals surface area contributed by atoms with Crippen LogP contribution in [0.2, 0.25) is 5.15 Å². The number of rotatable bonds is 5. The topological polar surface area (TPSA) is 32.3 Å². The number of nitrogens with zero attached hydrogens (tertiary/aromatic N) is 4. The minimum absolute atomic E-state index is 0.453. The zero-order valence-corrected chi connectivity index (χ0v) is 11.9. The molecule has 1 aromatic heterocycles. The van der Waals surface area contributed by atoms with Crippen LogP contribution >= 0.6 is 11.6 Å². The van der Waals surface area contributed by atoms with Crippen molar-refractivity contribution in [1.29, 1.82) is 0 Å². The van der Waals surface area contributed by atoms with Gasteiger partial charge in [-0.2, -0.15) is 5.10 Å². The van der Waals surface area contributed by atoms with E-state index < -0.39 is 0 Å². The van der Waals surface area contributed by atoms with Gasteiger partial charge in [-0.25, -0.2) is 0 Å². The maximum atomic E-state index is 5.73. The van der Waals surface area contributed by atoms with Crippen LogP contribution in [-0.4, -0.2) is 52.7 Å². The fourth-order valence-corrected chi connectivity index (χ4v) is 2.75. The van der Waals surface area contributed by atoms with Gasteiger partial charge in [0.15, 0.2) is 5.15 Å². The summed E-state index contributed by atoms with van der Waals surface area (Å²) in [4.78, 5) is 4.88. The molecule has 5 heteroatoms. The van der Waals surface area contributed by atoms with Crippen LogP contribution in [0.15, 0.2) is 12.1 Å². The zero-order valence-electron chi connectivity index (χ0n) is 11.1. The summed E-state index contributed by atoms with van der Waals surface area (Å²) < 4.78 is 0. The molecule has 0 bridgehead atoms. The van der Waals surface area contributed by atoms with Gasteiger partial charge in [-0.15, -0.1) is 5.10 Å². The Hall–Kier alpha value is -0.710. The molecule has 1 fully saturated rings. The van der Waals surface area contributed by atoms with E-state index in [9.17, 15) is 0 Å². The molecule has 0 aliphatic carbocycles. The number of halogens is 1. The summed E-state index contributed by atoms with van der Waals surface area (Å²) in [6.07, 6.45) is 2.64. The van der Waals surface area contributed by atoms with Crippen molar-refractivity contribution in [2.75, 3.05) is 26.7 Å². The van der Waals surface area contributed by atoms with Crippen molar-refractivity contribution in [2.24, 2.45) is 0 Å². The molecule has 0 amide bonds. The van der Waals surface area contributed by atoms with Crippen LogP contribution in [0, 0.1) is 0 Å². The molecule has 1 unspecified atom stereocenters. The first-order chi connectivity index (χ1) is 8.69. The zero-order chi connectivity index (χ0) is 13.0. The Kier molecular flexibility index (Phi) is 4.92. The Morgan fingerprint density at radius 3 is 2.94 bits per heavy atom. The van der Waals surface area contributed by atoms with Gasteiger partial charge in [-0.05, 0) is 45.1 Å². The summed E-state index contributed by atoms with van der Waals surface area (Å²) in [5, 5.41) is 8.42. The number of hydrogen-bond acceptors (Lipinski definition) is 4. The van der Waals surface area contributed by atoms with Crippen molar-refractivity contribution < 1.29 is 0 Å². The fraction of sp³-hybridized carbons (Fsp3) is 0.692. The van der Waals surface area contributed by atoms with Crippen LogP contribution in [0.4, 0.5) is 0 Å². The lowest BCUT2D eigenvalue weighted by molar-refractivity contribution is 0.193. The number of aromatic nitrogens is 2. The highest BCUT2D eigenvalue weighted by Gasteiger charge is 2.23. The van der Waals surface area contributed by atoms with Gasteiger partial charge in [0, 0.05) is 19.1 Å². The molecule has 0 saturated carbocycles. The van der Waals surface area contributed by atoms with E-state index in [2.05, 4.69) is 34.0 Å². The molecule has 1 aliphatic rings. The van der Waals surface area contributed by atoms with Gasteiger partial charge < -0.3 is 0 Å². The van der Waals surface area contributed by atoms with Crippen LogP contribution < -0.4 is 0 Å². The highest BCUT2D eigenvalue weighted by Crippen LogP contribution is 2.17. The first-order valence-electron chi connectivity index (χ1n) is 6.59. The molecule has 1 aliphatic heterocycles. The van der Waals surface area contributed by atoms with Crippen molar-refractivity contribution in [3.8, 4) is 0 Å². The number of hydrogen-bond donors (Lipinski definition) is 0. The van der Waals surface area contributed by atoms with Crippen molar-refractivity contribution in [3.63, 3.8) is 0 Å². The molecule has 1 aromatic rings. The molecule has 2 rings (SSSR count). The van der Waals surface area contributed by atoms with Crippen LogP contribution in [0.25, 0.3) is 0 Å². The monoisotopic (exact) mass is 268 g/mol. The van der Waals surface area contributed by atoms with E-state index in [1.165, 1.54) is 19.4 Å². The quantitative estimate of drug-likeness (QED) is 0.818. The Morgan fingerprint density at radius 2 is 2.28 bits per heavy atom. The summed E-state index contributed by atoms with van der Waals surface area (Å²) in [7, 11) is 2.14. The van der Waals surface area contributed by atoms with E-state index in [4.69, 9.17) is 11.6 Å². The fourth-order valence-electron chi connectivity index (χ4n) is 2.65. The van der Waals surface area contributed by atoms with Crippen LogP contribution in [0.1, 0.15) is 25.5 Å². The van der Waals surface area contributed by atoms with Crippen molar-refractivity contribution in [1.82, 2.24) is 20.0 Å². The van der Waals surface area contributed by atoms with Crippen molar-refractivity contribution in [2.45, 2.75) is 32.4 Å². The molecule has 0 aromatic carbocycles. The van der Waals surface area contributed by atoms with Crippen LogP contribution in [0.5, 0.6) is 0 Å². The molecule has 4 nitrogen and oxygen atoms in total. The summed E-state index contributed by atoms with van der Waals surface area (Å²) in [6.45, 7) is 6.56. The predicted octanol–water partition coefficient (Wildman–Crippen LogP) is 2.05. The molecule has 1 saturated heterocycles. The second-order valence-corrected chi connectivity index (χ2v) is 5.36. The summed E-state index contributed by atoms with van der Waals surface area (Å²) in [5.41, 5.74) is 0.975. The van der Waals surface area contributed by atoms with E-state index in [0.717, 1.165) is 25.3 Å². The summed E-state index contributed by atoms with van der Waals surface area (Å²) in [6, 6.07) is 4.43. The van der Waals surface area contributed by atoms with E-state index in [0.29, 0.717) is 11.2 Å². The molecule has 0 spiro atoms. The molecular formula is C13H21ClN4. The van der Waals surface area contributed by atoms with E-state index in [1.54, 1.807) is 6.07 Å². The number of likely N-dealkylation sites (N-methyl/N-ethyl adjacent to an activating group) is 2. The molecule has 0 N–H and O–H groups in total. The Bertz CT molecular complexity index is 368. The van der Waals surface area contributed by atoms with Gasteiger partial charge in [0.25, 0.3) is 0 Å². The maximum Gasteiger partial charge on any atom is 0.151 e. The van der Waals surface area contributed by atoms with Gasteiger partial charge in [-0.3, -0.25) is 9.80 Å². The third kappa shape index (κ3) is 3.64. The smallest absolute Gasteiger partial charge is 0.151 e. The Labute approximate surface area is 114 Å². The first kappa shape index (κ1) is 13.7. The molecule has 100 valence electrons. The van der Waals surface area contributed by atoms with Crippen LogP contribution in [0.3, 0.4) is 0 Å². The van der Waals surface area contributed by atoms with E-state index in [1.807, 2.05) is 6.07 Å². The normalized spacial score (nSPS) is 20.8. The predicted molar refractivity (Wildman–Crippen MR) is 73.6 cm³/mol. The second-order valence-electron chi connectivity index (χ2n) is 4.97. The first-order valence-corrected chi connectivity index (χ1v) is 6.97. The third-order valence-electron chi connectivity index (χ3n) is 3.55. The molecule has 18 heavy (non-hydrogen) atoms. The second kappa shape index (κ2) is 6.45. The Morgan fingerprint density at radius 1 is 1.44 bits per heavy atom. The lowest BCUT2D eigenvalue weighted by Gasteiger charge is -2.27. The van der Waals surface area contributed by atoms with Gasteiger partial charge in [-0.1, -0.05) is 18.5 Å². The third-order valence-corrected chi connectivity index (χ3v) is 3.75. The van der Waals surface area contributed by atoms with Crippen molar-refractivity contribution >= 4 is 11.6 Å². The minimum atomic E-state index is 0.453. The lowest BCUT2D eigenvalue weighted by atomic mass is 10.2. The van der Waals surface area contributed by atoms with Gasteiger partial charge in [0.05, 0.1) is 5.69 Å². The van der Waals surface area contributed by atoms with E-state index >= 15 is 0 Å². The summed E-state index contributed by atoms with van der Waals surface area (Å²) >= 11 is 5.73. The molecule has 0 radical (unpaired) electrons. The highest BCUT2D eigenvalue weighted by molar-refractivity contribution is 6.29. The lowest BCUT2D eigenvalue weighted by Crippen LogP contribution is -2.38. The van der Waals surface area contributed by atoms with Gasteiger partial charge in [0.2, 0.25) is 0 Å². The summed E-state index contributed by atoms with van der Waals surface area (Å²) in [5.74, 6) is 0. The SMILES string of the molecule is CCN1CCCC1CN(C)Cc1ccc(Cl)nn1. The largest absolute Gasteiger partial charge is 0.299 e. The van der Waals surface area contributed by atoms with Crippen LogP contribution in [-0.2, 0) is 6.54 Å². The average molecular weight is 269 g/mol. The number of likely N-dealkylation sites (tertiary alicyclic amines) is 1. The Balaban J connectivity index is 1.84. The van der Waals surface area contributed by atoms with Crippen molar-refractivity contribution in [3.05, 3.63) is 23.0 Å². The van der Waals surface area contributed by atoms with Gasteiger partial charge in [0.1, 0.15) is 0 Å². The minimum Gasteiger partial charge on any atom is -0.299 e. The van der Waals surface area contributed by atoms with E-state index in [-0.39, 0.29) is 0 Å². The molecular weight excluding hydrogens is 248 g/mol. The average Bonchev–Trinajstić information content (AvgIpc) is 2.79. The van der Waals surface area contributed by atoms with Gasteiger partial charge >= 0.3 is 0 Å². The maximum absolute atomic E-state index is 5.73. The highest BCUT2D eigenvalue weighted by atomic mass is 35.5. The molecule has 1 atom stereocenters.